The number of carboxylic acids is 1. The Morgan fingerprint density at radius 2 is 2.20 bits per heavy atom. The summed E-state index contributed by atoms with van der Waals surface area (Å²) in [5.74, 6) is -2.69. The minimum atomic E-state index is -1.59. The molecule has 1 heterocycles. The molecule has 7 nitrogen and oxygen atoms in total. The molecule has 9 heteroatoms. The lowest BCUT2D eigenvalue weighted by Crippen LogP contribution is -2.07. The van der Waals surface area contributed by atoms with Gasteiger partial charge in [0.1, 0.15) is 17.1 Å². The SMILES string of the molecule is Cc1nn(-c2cc(F)c(C(=O)O)cc2[N+](=O)[O-])cc1Cl. The van der Waals surface area contributed by atoms with Gasteiger partial charge in [0.2, 0.25) is 0 Å². The quantitative estimate of drug-likeness (QED) is 0.693. The summed E-state index contributed by atoms with van der Waals surface area (Å²) >= 11 is 5.79. The number of nitro benzene ring substituents is 1. The molecule has 0 saturated carbocycles. The van der Waals surface area contributed by atoms with Crippen LogP contribution < -0.4 is 0 Å². The third-order valence-electron chi connectivity index (χ3n) is 2.58. The fourth-order valence-corrected chi connectivity index (χ4v) is 1.74. The predicted molar refractivity (Wildman–Crippen MR) is 66.9 cm³/mol. The number of halogens is 2. The maximum absolute atomic E-state index is 13.7. The summed E-state index contributed by atoms with van der Waals surface area (Å²) in [6, 6.07) is 1.39. The van der Waals surface area contributed by atoms with E-state index < -0.39 is 28.0 Å². The van der Waals surface area contributed by atoms with Crippen LogP contribution in [-0.2, 0) is 0 Å². The highest BCUT2D eigenvalue weighted by atomic mass is 35.5. The molecule has 20 heavy (non-hydrogen) atoms. The number of hydrogen-bond donors (Lipinski definition) is 1. The second-order valence-corrected chi connectivity index (χ2v) is 4.30. The number of carbonyl (C=O) groups is 1. The number of rotatable bonds is 3. The molecular weight excluding hydrogens is 293 g/mol. The summed E-state index contributed by atoms with van der Waals surface area (Å²) in [6.07, 6.45) is 1.28. The first kappa shape index (κ1) is 13.9. The van der Waals surface area contributed by atoms with Gasteiger partial charge in [-0.15, -0.1) is 0 Å². The van der Waals surface area contributed by atoms with Crippen molar-refractivity contribution in [2.24, 2.45) is 0 Å². The summed E-state index contributed by atoms with van der Waals surface area (Å²) < 4.78 is 14.7. The molecule has 0 radical (unpaired) electrons. The summed E-state index contributed by atoms with van der Waals surface area (Å²) in [7, 11) is 0. The van der Waals surface area contributed by atoms with Crippen LogP contribution in [0, 0.1) is 22.9 Å². The van der Waals surface area contributed by atoms with Crippen LogP contribution in [0.1, 0.15) is 16.1 Å². The third kappa shape index (κ3) is 2.32. The minimum absolute atomic E-state index is 0.201. The molecule has 0 saturated heterocycles. The molecule has 0 bridgehead atoms. The highest BCUT2D eigenvalue weighted by Gasteiger charge is 2.23. The Morgan fingerprint density at radius 3 is 2.65 bits per heavy atom. The summed E-state index contributed by atoms with van der Waals surface area (Å²) in [5, 5.41) is 23.9. The summed E-state index contributed by atoms with van der Waals surface area (Å²) in [6.45, 7) is 1.58. The van der Waals surface area contributed by atoms with Gasteiger partial charge >= 0.3 is 5.97 Å². The van der Waals surface area contributed by atoms with Gasteiger partial charge < -0.3 is 5.11 Å². The second kappa shape index (κ2) is 4.89. The van der Waals surface area contributed by atoms with Crippen LogP contribution in [0.5, 0.6) is 0 Å². The van der Waals surface area contributed by atoms with E-state index in [-0.39, 0.29) is 10.7 Å². The summed E-state index contributed by atoms with van der Waals surface area (Å²) in [5.41, 5.74) is -1.16. The molecule has 1 aromatic heterocycles. The van der Waals surface area contributed by atoms with Crippen molar-refractivity contribution < 1.29 is 19.2 Å². The van der Waals surface area contributed by atoms with Crippen LogP contribution >= 0.6 is 11.6 Å². The van der Waals surface area contributed by atoms with Crippen LogP contribution in [0.15, 0.2) is 18.3 Å². The van der Waals surface area contributed by atoms with E-state index in [1.54, 1.807) is 6.92 Å². The van der Waals surface area contributed by atoms with E-state index in [4.69, 9.17) is 16.7 Å². The monoisotopic (exact) mass is 299 g/mol. The predicted octanol–water partition coefficient (Wildman–Crippen LogP) is 2.58. The Kier molecular flexibility index (Phi) is 3.41. The van der Waals surface area contributed by atoms with Gasteiger partial charge in [-0.3, -0.25) is 10.1 Å². The topological polar surface area (TPSA) is 98.3 Å². The van der Waals surface area contributed by atoms with Crippen LogP contribution in [0.25, 0.3) is 5.69 Å². The van der Waals surface area contributed by atoms with Crippen molar-refractivity contribution in [3.8, 4) is 5.69 Å². The first-order valence-electron chi connectivity index (χ1n) is 5.24. The van der Waals surface area contributed by atoms with Gasteiger partial charge in [-0.25, -0.2) is 13.9 Å². The van der Waals surface area contributed by atoms with Crippen molar-refractivity contribution >= 4 is 23.3 Å². The largest absolute Gasteiger partial charge is 0.478 e. The summed E-state index contributed by atoms with van der Waals surface area (Å²) in [4.78, 5) is 21.0. The van der Waals surface area contributed by atoms with Gasteiger partial charge in [-0.2, -0.15) is 5.10 Å². The lowest BCUT2D eigenvalue weighted by molar-refractivity contribution is -0.384. The van der Waals surface area contributed by atoms with Crippen molar-refractivity contribution in [3.05, 3.63) is 50.5 Å². The highest BCUT2D eigenvalue weighted by Crippen LogP contribution is 2.27. The van der Waals surface area contributed by atoms with Gasteiger partial charge in [0.15, 0.2) is 0 Å². The molecule has 0 unspecified atom stereocenters. The average molecular weight is 300 g/mol. The van der Waals surface area contributed by atoms with Gasteiger partial charge in [-0.1, -0.05) is 11.6 Å². The van der Waals surface area contributed by atoms with Crippen molar-refractivity contribution in [1.29, 1.82) is 0 Å². The molecule has 2 rings (SSSR count). The first-order chi connectivity index (χ1) is 9.31. The Labute approximate surface area is 116 Å². The molecule has 2 aromatic rings. The van der Waals surface area contributed by atoms with Crippen LogP contribution in [0.2, 0.25) is 5.02 Å². The number of benzene rings is 1. The molecule has 0 spiro atoms. The zero-order valence-corrected chi connectivity index (χ0v) is 10.8. The molecule has 0 aliphatic heterocycles. The van der Waals surface area contributed by atoms with Crippen molar-refractivity contribution in [2.75, 3.05) is 0 Å². The van der Waals surface area contributed by atoms with E-state index in [0.717, 1.165) is 10.7 Å². The number of aromatic carboxylic acids is 1. The number of nitrogens with zero attached hydrogens (tertiary/aromatic N) is 3. The second-order valence-electron chi connectivity index (χ2n) is 3.89. The van der Waals surface area contributed by atoms with Crippen LogP contribution in [0.4, 0.5) is 10.1 Å². The first-order valence-corrected chi connectivity index (χ1v) is 5.62. The molecule has 104 valence electrons. The molecular formula is C11H7ClFN3O4. The maximum Gasteiger partial charge on any atom is 0.338 e. The van der Waals surface area contributed by atoms with Gasteiger partial charge in [0.05, 0.1) is 15.6 Å². The van der Waals surface area contributed by atoms with E-state index in [9.17, 15) is 19.3 Å². The number of aromatic nitrogens is 2. The Morgan fingerprint density at radius 1 is 1.55 bits per heavy atom. The molecule has 0 atom stereocenters. The van der Waals surface area contributed by atoms with Crippen molar-refractivity contribution in [3.63, 3.8) is 0 Å². The minimum Gasteiger partial charge on any atom is -0.478 e. The van der Waals surface area contributed by atoms with E-state index in [2.05, 4.69) is 5.10 Å². The lowest BCUT2D eigenvalue weighted by Gasteiger charge is -2.05. The number of aryl methyl sites for hydroxylation is 1. The van der Waals surface area contributed by atoms with Gasteiger partial charge in [0, 0.05) is 18.3 Å². The van der Waals surface area contributed by atoms with E-state index in [1.807, 2.05) is 0 Å². The third-order valence-corrected chi connectivity index (χ3v) is 2.95. The maximum atomic E-state index is 13.7. The Balaban J connectivity index is 2.72. The van der Waals surface area contributed by atoms with Crippen LogP contribution in [0.3, 0.4) is 0 Å². The number of carboxylic acid groups (broad SMARTS) is 1. The fraction of sp³-hybridized carbons (Fsp3) is 0.0909. The van der Waals surface area contributed by atoms with Crippen molar-refractivity contribution in [1.82, 2.24) is 9.78 Å². The standard InChI is InChI=1S/C11H7ClFN3O4/c1-5-7(12)4-15(14-5)9-3-8(13)6(11(17)18)2-10(9)16(19)20/h2-4H,1H3,(H,17,18). The number of nitro groups is 1. The normalized spacial score (nSPS) is 10.6. The lowest BCUT2D eigenvalue weighted by atomic mass is 10.1. The zero-order chi connectivity index (χ0) is 15.0. The molecule has 1 N–H and O–H groups in total. The van der Waals surface area contributed by atoms with E-state index in [1.165, 1.54) is 6.20 Å². The Bertz CT molecular complexity index is 709. The highest BCUT2D eigenvalue weighted by molar-refractivity contribution is 6.31. The van der Waals surface area contributed by atoms with Gasteiger partial charge in [0.25, 0.3) is 5.69 Å². The zero-order valence-electron chi connectivity index (χ0n) is 10.0. The Hall–Kier alpha value is -2.48. The van der Waals surface area contributed by atoms with Crippen LogP contribution in [-0.4, -0.2) is 25.8 Å². The molecule has 0 aliphatic rings. The average Bonchev–Trinajstić information content (AvgIpc) is 2.68. The van der Waals surface area contributed by atoms with Crippen molar-refractivity contribution in [2.45, 2.75) is 6.92 Å². The van der Waals surface area contributed by atoms with Gasteiger partial charge in [-0.05, 0) is 6.92 Å². The molecule has 0 amide bonds. The molecule has 0 aliphatic carbocycles. The smallest absolute Gasteiger partial charge is 0.338 e. The molecule has 1 aromatic carbocycles. The van der Waals surface area contributed by atoms with E-state index >= 15 is 0 Å². The fourth-order valence-electron chi connectivity index (χ4n) is 1.61. The van der Waals surface area contributed by atoms with E-state index in [0.29, 0.717) is 11.8 Å². The number of hydrogen-bond acceptors (Lipinski definition) is 4. The molecule has 0 fully saturated rings.